The molecule has 1 atom stereocenters. The monoisotopic (exact) mass is 333 g/mol. The molecule has 0 saturated carbocycles. The zero-order chi connectivity index (χ0) is 17.9. The minimum absolute atomic E-state index is 0. The molecule has 1 unspecified atom stereocenters. The Kier molecular flexibility index (Phi) is 9.75. The first kappa shape index (κ1) is 20.7. The molecule has 0 aliphatic heterocycles. The highest BCUT2D eigenvalue weighted by Gasteiger charge is 2.21. The van der Waals surface area contributed by atoms with Gasteiger partial charge in [-0.3, -0.25) is 4.79 Å². The van der Waals surface area contributed by atoms with Crippen LogP contribution in [0, 0.1) is 11.8 Å². The molecule has 0 fully saturated rings. The Hall–Kier alpha value is -1.31. The molecule has 0 saturated heterocycles. The largest absolute Gasteiger partial charge is 0.356 e. The zero-order valence-corrected chi connectivity index (χ0v) is 16.5. The molecule has 2 nitrogen and oxygen atoms in total. The van der Waals surface area contributed by atoms with Crippen molar-refractivity contribution >= 4 is 5.91 Å². The van der Waals surface area contributed by atoms with E-state index in [1.54, 1.807) is 0 Å². The van der Waals surface area contributed by atoms with Gasteiger partial charge in [0.15, 0.2) is 0 Å². The molecule has 1 amide bonds. The second-order valence-corrected chi connectivity index (χ2v) is 7.88. The van der Waals surface area contributed by atoms with Crippen molar-refractivity contribution < 1.29 is 6.22 Å². The van der Waals surface area contributed by atoms with Gasteiger partial charge in [-0.1, -0.05) is 48.8 Å². The van der Waals surface area contributed by atoms with Crippen LogP contribution in [0.3, 0.4) is 0 Å². The van der Waals surface area contributed by atoms with Gasteiger partial charge in [0, 0.05) is 13.9 Å². The van der Waals surface area contributed by atoms with E-state index < -0.39 is 0 Å². The van der Waals surface area contributed by atoms with Crippen LogP contribution in [0.1, 0.15) is 81.0 Å². The van der Waals surface area contributed by atoms with Crippen LogP contribution in [0.2, 0.25) is 0 Å². The van der Waals surface area contributed by atoms with E-state index in [9.17, 15) is 4.79 Å². The summed E-state index contributed by atoms with van der Waals surface area (Å²) in [4.78, 5) is 12.1. The Morgan fingerprint density at radius 2 is 2.04 bits per heavy atom. The van der Waals surface area contributed by atoms with E-state index in [1.807, 2.05) is 0 Å². The van der Waals surface area contributed by atoms with Gasteiger partial charge in [0.1, 0.15) is 0 Å². The highest BCUT2D eigenvalue weighted by molar-refractivity contribution is 5.79. The zero-order valence-electron chi connectivity index (χ0n) is 16.5. The van der Waals surface area contributed by atoms with Crippen molar-refractivity contribution in [1.29, 1.82) is 0 Å². The van der Waals surface area contributed by atoms with Crippen LogP contribution in [0.25, 0.3) is 0 Å². The number of nitrogens with one attached hydrogen (secondary N) is 1. The number of allylic oxidation sites excluding steroid dienone is 6. The molecule has 0 heterocycles. The van der Waals surface area contributed by atoms with Crippen LogP contribution in [0.5, 0.6) is 0 Å². The Balaban J connectivity index is 0.00000576. The molecule has 1 aliphatic rings. The molecule has 0 spiro atoms. The van der Waals surface area contributed by atoms with Gasteiger partial charge in [-0.05, 0) is 71.6 Å². The Labute approximate surface area is 151 Å². The van der Waals surface area contributed by atoms with Gasteiger partial charge >= 0.3 is 0 Å². The van der Waals surface area contributed by atoms with Crippen molar-refractivity contribution in [3.05, 3.63) is 34.9 Å². The molecule has 0 aromatic heterocycles. The van der Waals surface area contributed by atoms with Crippen molar-refractivity contribution in [3.8, 4) is 0 Å². The molecule has 24 heavy (non-hydrogen) atoms. The van der Waals surface area contributed by atoms with E-state index in [1.165, 1.54) is 23.1 Å². The average Bonchev–Trinajstić information content (AvgIpc) is 2.53. The molecule has 0 aromatic rings. The van der Waals surface area contributed by atoms with E-state index in [-0.39, 0.29) is 13.3 Å². The maximum absolute atomic E-state index is 12.1. The van der Waals surface area contributed by atoms with Crippen LogP contribution in [-0.2, 0) is 4.79 Å². The van der Waals surface area contributed by atoms with E-state index >= 15 is 0 Å². The van der Waals surface area contributed by atoms with Gasteiger partial charge in [-0.25, -0.2) is 0 Å². The summed E-state index contributed by atoms with van der Waals surface area (Å²) in [6, 6.07) is 0. The number of carbonyl (C=O) groups is 1. The second-order valence-electron chi connectivity index (χ2n) is 7.88. The summed E-state index contributed by atoms with van der Waals surface area (Å²) in [5, 5.41) is 3.07. The van der Waals surface area contributed by atoms with Gasteiger partial charge in [0.2, 0.25) is 5.91 Å². The lowest BCUT2D eigenvalue weighted by Gasteiger charge is -2.21. The van der Waals surface area contributed by atoms with Crippen LogP contribution in [-0.4, -0.2) is 12.5 Å². The molecule has 0 bridgehead atoms. The molecular weight excluding hydrogens is 294 g/mol. The molecular formula is C22H39NO. The molecule has 0 radical (unpaired) electrons. The molecule has 0 aromatic carbocycles. The first-order valence-corrected chi connectivity index (χ1v) is 9.63. The van der Waals surface area contributed by atoms with Crippen LogP contribution >= 0.6 is 0 Å². The lowest BCUT2D eigenvalue weighted by molar-refractivity contribution is -0.125. The maximum Gasteiger partial charge on any atom is 0.223 e. The molecule has 1 rings (SSSR count). The highest BCUT2D eigenvalue weighted by Crippen LogP contribution is 2.26. The van der Waals surface area contributed by atoms with Gasteiger partial charge in [0.25, 0.3) is 0 Å². The second kappa shape index (κ2) is 11.3. The van der Waals surface area contributed by atoms with Gasteiger partial charge < -0.3 is 5.32 Å². The van der Waals surface area contributed by atoms with E-state index in [0.717, 1.165) is 45.1 Å². The Bertz CT molecular complexity index is 484. The van der Waals surface area contributed by atoms with Crippen molar-refractivity contribution in [1.82, 2.24) is 5.32 Å². The first-order chi connectivity index (χ1) is 11.4. The summed E-state index contributed by atoms with van der Waals surface area (Å²) in [6.45, 7) is 11.6. The normalized spacial score (nSPS) is 18.3. The lowest BCUT2D eigenvalue weighted by atomic mass is 9.87. The maximum atomic E-state index is 12.1. The van der Waals surface area contributed by atoms with Crippen molar-refractivity contribution in [2.45, 2.75) is 79.6 Å². The predicted molar refractivity (Wildman–Crippen MR) is 107 cm³/mol. The quantitative estimate of drug-likeness (QED) is 0.500. The summed E-state index contributed by atoms with van der Waals surface area (Å²) in [7, 11) is 0. The first-order valence-electron chi connectivity index (χ1n) is 9.63. The molecule has 1 N–H and O–H groups in total. The van der Waals surface area contributed by atoms with E-state index in [0.29, 0.717) is 5.92 Å². The minimum Gasteiger partial charge on any atom is -0.356 e. The fraction of sp³-hybridized carbons (Fsp3) is 0.682. The Morgan fingerprint density at radius 3 is 2.62 bits per heavy atom. The highest BCUT2D eigenvalue weighted by atomic mass is 16.1. The summed E-state index contributed by atoms with van der Waals surface area (Å²) in [5.74, 6) is 0.957. The summed E-state index contributed by atoms with van der Waals surface area (Å²) < 4.78 is 0. The minimum atomic E-state index is 0. The van der Waals surface area contributed by atoms with E-state index in [2.05, 4.69) is 58.2 Å². The fourth-order valence-electron chi connectivity index (χ4n) is 3.00. The van der Waals surface area contributed by atoms with Crippen LogP contribution < -0.4 is 5.32 Å². The SMILES string of the molecule is CC(C)=CCC/C(C)=C/CCC1=CCC(C(=O)NCC(C)C)CC1.[HH]. The van der Waals surface area contributed by atoms with Crippen molar-refractivity contribution in [2.75, 3.05) is 6.54 Å². The standard InChI is InChI=1S/C22H37NO.H2/c1-17(2)8-6-9-19(5)10-7-11-20-12-14-21(15-13-20)22(24)23-16-18(3)4;/h8,10,12,18,21H,6-7,9,11,13-16H2,1-5H3,(H,23,24);1H/b19-10+;. The number of rotatable bonds is 9. The third kappa shape index (κ3) is 9.10. The summed E-state index contributed by atoms with van der Waals surface area (Å²) >= 11 is 0. The van der Waals surface area contributed by atoms with Gasteiger partial charge in [-0.15, -0.1) is 0 Å². The fourth-order valence-corrected chi connectivity index (χ4v) is 3.00. The predicted octanol–water partition coefficient (Wildman–Crippen LogP) is 6.20. The van der Waals surface area contributed by atoms with Crippen molar-refractivity contribution in [2.24, 2.45) is 11.8 Å². The number of hydrogen-bond acceptors (Lipinski definition) is 1. The molecule has 2 heteroatoms. The average molecular weight is 334 g/mol. The molecule has 1 aliphatic carbocycles. The lowest BCUT2D eigenvalue weighted by Crippen LogP contribution is -2.34. The van der Waals surface area contributed by atoms with Gasteiger partial charge in [0.05, 0.1) is 0 Å². The number of hydrogen-bond donors (Lipinski definition) is 1. The van der Waals surface area contributed by atoms with E-state index in [4.69, 9.17) is 0 Å². The third-order valence-corrected chi connectivity index (χ3v) is 4.61. The van der Waals surface area contributed by atoms with Gasteiger partial charge in [-0.2, -0.15) is 0 Å². The summed E-state index contributed by atoms with van der Waals surface area (Å²) in [5.41, 5.74) is 4.44. The summed E-state index contributed by atoms with van der Waals surface area (Å²) in [6.07, 6.45) is 14.6. The van der Waals surface area contributed by atoms with Crippen LogP contribution in [0.4, 0.5) is 0 Å². The van der Waals surface area contributed by atoms with Crippen molar-refractivity contribution in [3.63, 3.8) is 0 Å². The number of carbonyl (C=O) groups excluding carboxylic acids is 1. The third-order valence-electron chi connectivity index (χ3n) is 4.61. The topological polar surface area (TPSA) is 29.1 Å². The molecule has 138 valence electrons. The van der Waals surface area contributed by atoms with Crippen LogP contribution in [0.15, 0.2) is 34.9 Å². The Morgan fingerprint density at radius 1 is 1.29 bits per heavy atom. The smallest absolute Gasteiger partial charge is 0.223 e. The number of amides is 1.